The van der Waals surface area contributed by atoms with Crippen molar-refractivity contribution in [1.82, 2.24) is 5.32 Å². The lowest BCUT2D eigenvalue weighted by Gasteiger charge is -2.35. The first kappa shape index (κ1) is 23.7. The van der Waals surface area contributed by atoms with Crippen molar-refractivity contribution in [3.63, 3.8) is 0 Å². The van der Waals surface area contributed by atoms with Crippen LogP contribution in [0.4, 0.5) is 14.5 Å². The fraction of sp³-hybridized carbons (Fsp3) is 0.333. The van der Waals surface area contributed by atoms with Crippen LogP contribution < -0.4 is 11.1 Å². The Morgan fingerprint density at radius 2 is 1.73 bits per heavy atom. The molecular weight excluding hydrogens is 503 g/mol. The smallest absolute Gasteiger partial charge is 0.269 e. The normalized spacial score (nSPS) is 25.1. The quantitative estimate of drug-likeness (QED) is 0.333. The predicted octanol–water partition coefficient (Wildman–Crippen LogP) is 4.47. The van der Waals surface area contributed by atoms with Gasteiger partial charge in [-0.05, 0) is 23.3 Å². The summed E-state index contributed by atoms with van der Waals surface area (Å²) >= 11 is 19.2. The number of nitrogens with two attached hydrogens (primary N) is 1. The van der Waals surface area contributed by atoms with Gasteiger partial charge in [-0.15, -0.1) is 0 Å². The Morgan fingerprint density at radius 3 is 2.24 bits per heavy atom. The second-order valence-corrected chi connectivity index (χ2v) is 10.00. The highest BCUT2D eigenvalue weighted by Crippen LogP contribution is 2.74. The van der Waals surface area contributed by atoms with Crippen molar-refractivity contribution in [2.24, 2.45) is 5.73 Å². The molecule has 0 aliphatic heterocycles. The van der Waals surface area contributed by atoms with E-state index in [1.807, 2.05) is 0 Å². The number of hydrogen-bond acceptors (Lipinski definition) is 4. The summed E-state index contributed by atoms with van der Waals surface area (Å²) in [5.41, 5.74) is 4.49. The molecule has 12 heteroatoms. The Labute approximate surface area is 201 Å². The molecule has 3 N–H and O–H groups in total. The van der Waals surface area contributed by atoms with Crippen LogP contribution >= 0.6 is 34.8 Å². The lowest BCUT2D eigenvalue weighted by atomic mass is 9.87. The van der Waals surface area contributed by atoms with Gasteiger partial charge in [-0.1, -0.05) is 53.0 Å². The number of carbonyl (C=O) groups excluding carboxylic acids is 2. The molecule has 2 atom stereocenters. The van der Waals surface area contributed by atoms with E-state index in [0.29, 0.717) is 5.56 Å². The fourth-order valence-corrected chi connectivity index (χ4v) is 5.73. The van der Waals surface area contributed by atoms with E-state index in [1.54, 1.807) is 0 Å². The molecule has 2 amide bonds. The van der Waals surface area contributed by atoms with Crippen LogP contribution in [0.5, 0.6) is 0 Å². The molecule has 0 saturated heterocycles. The van der Waals surface area contributed by atoms with Crippen LogP contribution in [0.2, 0.25) is 5.02 Å². The minimum atomic E-state index is -2.82. The summed E-state index contributed by atoms with van der Waals surface area (Å²) < 4.78 is 24.5. The number of non-ortho nitro benzene ring substituents is 1. The number of primary amides is 1. The number of nitrogens with one attached hydrogen (secondary N) is 1. The van der Waals surface area contributed by atoms with Crippen molar-refractivity contribution in [2.75, 3.05) is 0 Å². The van der Waals surface area contributed by atoms with E-state index in [2.05, 4.69) is 5.32 Å². The van der Waals surface area contributed by atoms with E-state index in [0.717, 1.165) is 0 Å². The second kappa shape index (κ2) is 7.78. The van der Waals surface area contributed by atoms with Gasteiger partial charge in [0.2, 0.25) is 5.91 Å². The van der Waals surface area contributed by atoms with E-state index < -0.39 is 57.2 Å². The summed E-state index contributed by atoms with van der Waals surface area (Å²) in [6.45, 7) is 0. The Morgan fingerprint density at radius 1 is 1.12 bits per heavy atom. The molecule has 0 radical (unpaired) electrons. The molecule has 0 bridgehead atoms. The minimum Gasteiger partial charge on any atom is -0.369 e. The van der Waals surface area contributed by atoms with Crippen molar-refractivity contribution in [2.45, 2.75) is 40.5 Å². The van der Waals surface area contributed by atoms with Crippen LogP contribution in [-0.2, 0) is 10.2 Å². The van der Waals surface area contributed by atoms with Crippen molar-refractivity contribution in [3.8, 4) is 0 Å². The Balaban J connectivity index is 1.69. The molecule has 2 aliphatic carbocycles. The van der Waals surface area contributed by atoms with Gasteiger partial charge in [0.15, 0.2) is 0 Å². The topological polar surface area (TPSA) is 115 Å². The third kappa shape index (κ3) is 3.72. The van der Waals surface area contributed by atoms with Gasteiger partial charge in [0.05, 0.1) is 15.5 Å². The lowest BCUT2D eigenvalue weighted by molar-refractivity contribution is -0.384. The zero-order valence-electron chi connectivity index (χ0n) is 16.7. The van der Waals surface area contributed by atoms with Crippen LogP contribution in [0.25, 0.3) is 0 Å². The maximum atomic E-state index is 13.1. The summed E-state index contributed by atoms with van der Waals surface area (Å²) in [5.74, 6) is -5.25. The third-order valence-electron chi connectivity index (χ3n) is 6.16. The molecule has 2 saturated carbocycles. The zero-order chi connectivity index (χ0) is 24.3. The first-order valence-corrected chi connectivity index (χ1v) is 10.9. The number of nitro benzene ring substituents is 1. The average molecular weight is 519 g/mol. The largest absolute Gasteiger partial charge is 0.369 e. The Kier molecular flexibility index (Phi) is 5.58. The Hall–Kier alpha value is -2.49. The molecule has 4 rings (SSSR count). The van der Waals surface area contributed by atoms with Gasteiger partial charge >= 0.3 is 0 Å². The van der Waals surface area contributed by atoms with E-state index >= 15 is 0 Å². The van der Waals surface area contributed by atoms with Gasteiger partial charge in [-0.25, -0.2) is 8.78 Å². The minimum absolute atomic E-state index is 0.0317. The molecule has 174 valence electrons. The molecule has 2 aromatic rings. The predicted molar refractivity (Wildman–Crippen MR) is 118 cm³/mol. The number of amides is 2. The molecule has 2 fully saturated rings. The highest BCUT2D eigenvalue weighted by atomic mass is 35.5. The van der Waals surface area contributed by atoms with Crippen molar-refractivity contribution in [1.29, 1.82) is 0 Å². The summed E-state index contributed by atoms with van der Waals surface area (Å²) in [4.78, 5) is 35.7. The first-order valence-electron chi connectivity index (χ1n) is 9.72. The van der Waals surface area contributed by atoms with Gasteiger partial charge < -0.3 is 11.1 Å². The number of hydrogen-bond donors (Lipinski definition) is 2. The van der Waals surface area contributed by atoms with E-state index in [4.69, 9.17) is 40.5 Å². The monoisotopic (exact) mass is 517 g/mol. The van der Waals surface area contributed by atoms with Gasteiger partial charge in [0.25, 0.3) is 17.5 Å². The Bertz CT molecular complexity index is 1170. The van der Waals surface area contributed by atoms with Crippen LogP contribution in [0.3, 0.4) is 0 Å². The van der Waals surface area contributed by atoms with Crippen molar-refractivity contribution >= 4 is 52.3 Å². The number of rotatable bonds is 6. The van der Waals surface area contributed by atoms with Crippen LogP contribution in [-0.4, -0.2) is 33.0 Å². The van der Waals surface area contributed by atoms with Gasteiger partial charge in [0, 0.05) is 36.9 Å². The zero-order valence-corrected chi connectivity index (χ0v) is 18.9. The van der Waals surface area contributed by atoms with Crippen LogP contribution in [0.15, 0.2) is 42.5 Å². The maximum absolute atomic E-state index is 13.1. The number of carbonyl (C=O) groups is 2. The lowest BCUT2D eigenvalue weighted by Crippen LogP contribution is -2.50. The number of benzene rings is 2. The molecule has 2 unspecified atom stereocenters. The van der Waals surface area contributed by atoms with Crippen molar-refractivity contribution in [3.05, 3.63) is 74.3 Å². The summed E-state index contributed by atoms with van der Waals surface area (Å²) in [7, 11) is 0. The molecule has 2 aliphatic rings. The van der Waals surface area contributed by atoms with Crippen LogP contribution in [0, 0.1) is 10.1 Å². The maximum Gasteiger partial charge on any atom is 0.269 e. The number of nitrogens with zero attached hydrogens (tertiary/aromatic N) is 1. The second-order valence-electron chi connectivity index (χ2n) is 8.21. The van der Waals surface area contributed by atoms with Gasteiger partial charge in [-0.3, -0.25) is 19.7 Å². The van der Waals surface area contributed by atoms with E-state index in [1.165, 1.54) is 42.5 Å². The number of halogens is 5. The fourth-order valence-electron chi connectivity index (χ4n) is 4.43. The summed E-state index contributed by atoms with van der Waals surface area (Å²) in [6, 6.07) is 8.76. The summed E-state index contributed by atoms with van der Waals surface area (Å²) in [5, 5.41) is 13.5. The number of alkyl halides is 4. The van der Waals surface area contributed by atoms with E-state index in [-0.39, 0.29) is 21.8 Å². The van der Waals surface area contributed by atoms with Gasteiger partial charge in [0.1, 0.15) is 9.75 Å². The SMILES string of the molecule is NC(=O)C1(c2ccc(Cl)c(C(=O)NC3CC(F)(F)C3)c2)C(c2ccc([N+](=O)[O-])cc2)C1(Cl)Cl. The molecule has 7 nitrogen and oxygen atoms in total. The highest BCUT2D eigenvalue weighted by Gasteiger charge is 2.80. The highest BCUT2D eigenvalue weighted by molar-refractivity contribution is 6.55. The van der Waals surface area contributed by atoms with Crippen LogP contribution in [0.1, 0.15) is 40.2 Å². The molecule has 0 spiro atoms. The molecule has 0 heterocycles. The van der Waals surface area contributed by atoms with E-state index in [9.17, 15) is 28.5 Å². The summed E-state index contributed by atoms with van der Waals surface area (Å²) in [6.07, 6.45) is -0.952. The molecule has 2 aromatic carbocycles. The van der Waals surface area contributed by atoms with Gasteiger partial charge in [-0.2, -0.15) is 0 Å². The van der Waals surface area contributed by atoms with Crippen molar-refractivity contribution < 1.29 is 23.3 Å². The molecular formula is C21H16Cl3F2N3O4. The third-order valence-corrected chi connectivity index (χ3v) is 7.52. The first-order chi connectivity index (χ1) is 15.3. The number of nitro groups is 1. The average Bonchev–Trinajstić information content (AvgIpc) is 3.24. The molecule has 0 aromatic heterocycles. The standard InChI is InChI=1S/C21H16Cl3F2N3O4/c22-15-6-3-11(7-14(15)17(30)28-12-8-19(25,26)9-12)20(18(27)31)16(21(20,23)24)10-1-4-13(5-2-10)29(32)33/h1-7,12,16H,8-9H2,(H2,27,31)(H,28,30). The molecule has 33 heavy (non-hydrogen) atoms.